The van der Waals surface area contributed by atoms with Crippen LogP contribution < -0.4 is 16.8 Å². The second kappa shape index (κ2) is 9.28. The Morgan fingerprint density at radius 1 is 1.10 bits per heavy atom. The van der Waals surface area contributed by atoms with Crippen molar-refractivity contribution in [1.29, 1.82) is 0 Å². The zero-order chi connectivity index (χ0) is 20.2. The van der Waals surface area contributed by atoms with Gasteiger partial charge in [0.2, 0.25) is 0 Å². The van der Waals surface area contributed by atoms with Crippen LogP contribution in [-0.2, 0) is 4.74 Å². The number of anilines is 2. The topological polar surface area (TPSA) is 99.1 Å². The minimum Gasteiger partial charge on any atom is -0.384 e. The summed E-state index contributed by atoms with van der Waals surface area (Å²) in [7, 11) is 0. The normalized spacial score (nSPS) is 23.1. The standard InChI is InChI=1S/C22H30ClN5O/c23-19-13-26-20(25)11-18(19)22-17(15-1-3-16(24)4-2-15)5-6-21(28-22)27-12-14-7-9-29-10-8-14/h5-6,11,13-16H,1-4,7-10,12,24H2,(H2,25,26)(H,27,28)/t15-,16-. The van der Waals surface area contributed by atoms with E-state index in [1.165, 1.54) is 5.56 Å². The largest absolute Gasteiger partial charge is 0.384 e. The minimum atomic E-state index is 0.309. The Kier molecular flexibility index (Phi) is 6.53. The van der Waals surface area contributed by atoms with Crippen molar-refractivity contribution in [3.63, 3.8) is 0 Å². The number of halogens is 1. The molecule has 29 heavy (non-hydrogen) atoms. The van der Waals surface area contributed by atoms with Crippen LogP contribution in [0, 0.1) is 5.92 Å². The lowest BCUT2D eigenvalue weighted by molar-refractivity contribution is 0.0699. The SMILES string of the molecule is Nc1cc(-c2nc(NCC3CCOCC3)ccc2[C@H]2CC[C@H](N)CC2)c(Cl)cn1. The van der Waals surface area contributed by atoms with Crippen molar-refractivity contribution in [3.8, 4) is 11.3 Å². The van der Waals surface area contributed by atoms with Gasteiger partial charge in [-0.25, -0.2) is 9.97 Å². The van der Waals surface area contributed by atoms with Crippen LogP contribution in [-0.4, -0.2) is 35.8 Å². The highest BCUT2D eigenvalue weighted by molar-refractivity contribution is 6.33. The summed E-state index contributed by atoms with van der Waals surface area (Å²) in [5.41, 5.74) is 15.1. The van der Waals surface area contributed by atoms with Gasteiger partial charge in [-0.3, -0.25) is 0 Å². The Labute approximate surface area is 177 Å². The van der Waals surface area contributed by atoms with Crippen LogP contribution in [0.15, 0.2) is 24.4 Å². The van der Waals surface area contributed by atoms with Crippen molar-refractivity contribution >= 4 is 23.2 Å². The molecule has 3 heterocycles. The predicted molar refractivity (Wildman–Crippen MR) is 118 cm³/mol. The number of nitrogens with two attached hydrogens (primary N) is 2. The fraction of sp³-hybridized carbons (Fsp3) is 0.545. The van der Waals surface area contributed by atoms with Crippen LogP contribution in [0.2, 0.25) is 5.02 Å². The third-order valence-corrected chi connectivity index (χ3v) is 6.48. The smallest absolute Gasteiger partial charge is 0.126 e. The van der Waals surface area contributed by atoms with Crippen molar-refractivity contribution in [3.05, 3.63) is 35.0 Å². The van der Waals surface area contributed by atoms with E-state index in [9.17, 15) is 0 Å². The molecule has 5 N–H and O–H groups in total. The zero-order valence-electron chi connectivity index (χ0n) is 16.7. The van der Waals surface area contributed by atoms with Crippen LogP contribution >= 0.6 is 11.6 Å². The van der Waals surface area contributed by atoms with Crippen molar-refractivity contribution in [2.45, 2.75) is 50.5 Å². The van der Waals surface area contributed by atoms with Crippen molar-refractivity contribution in [1.82, 2.24) is 9.97 Å². The van der Waals surface area contributed by atoms with Gasteiger partial charge in [0.05, 0.1) is 10.7 Å². The third kappa shape index (κ3) is 5.00. The number of hydrogen-bond acceptors (Lipinski definition) is 6. The molecule has 4 rings (SSSR count). The third-order valence-electron chi connectivity index (χ3n) is 6.18. The summed E-state index contributed by atoms with van der Waals surface area (Å²) in [6.07, 6.45) is 8.02. The van der Waals surface area contributed by atoms with Gasteiger partial charge < -0.3 is 21.5 Å². The average molecular weight is 416 g/mol. The molecule has 0 unspecified atom stereocenters. The molecule has 156 valence electrons. The Hall–Kier alpha value is -1.89. The molecule has 0 amide bonds. The molecular formula is C22H30ClN5O. The molecule has 1 saturated heterocycles. The second-order valence-corrected chi connectivity index (χ2v) is 8.68. The fourth-order valence-corrected chi connectivity index (χ4v) is 4.57. The van der Waals surface area contributed by atoms with Gasteiger partial charge in [0.1, 0.15) is 11.6 Å². The van der Waals surface area contributed by atoms with Gasteiger partial charge in [0.25, 0.3) is 0 Å². The van der Waals surface area contributed by atoms with Gasteiger partial charge in [0.15, 0.2) is 0 Å². The highest BCUT2D eigenvalue weighted by Gasteiger charge is 2.25. The first-order valence-electron chi connectivity index (χ1n) is 10.6. The first kappa shape index (κ1) is 20.4. The Morgan fingerprint density at radius 2 is 1.86 bits per heavy atom. The molecule has 2 aliphatic rings. The first-order chi connectivity index (χ1) is 14.1. The van der Waals surface area contributed by atoms with Crippen LogP contribution in [0.5, 0.6) is 0 Å². The van der Waals surface area contributed by atoms with E-state index >= 15 is 0 Å². The Balaban J connectivity index is 1.63. The summed E-state index contributed by atoms with van der Waals surface area (Å²) >= 11 is 6.50. The van der Waals surface area contributed by atoms with Gasteiger partial charge in [-0.2, -0.15) is 0 Å². The molecule has 6 nitrogen and oxygen atoms in total. The van der Waals surface area contributed by atoms with Gasteiger partial charge in [-0.15, -0.1) is 0 Å². The lowest BCUT2D eigenvalue weighted by Gasteiger charge is -2.28. The summed E-state index contributed by atoms with van der Waals surface area (Å²) < 4.78 is 5.46. The Bertz CT molecular complexity index is 832. The monoisotopic (exact) mass is 415 g/mol. The molecule has 1 saturated carbocycles. The van der Waals surface area contributed by atoms with E-state index in [2.05, 4.69) is 22.4 Å². The molecule has 2 fully saturated rings. The number of nitrogen functional groups attached to an aromatic ring is 1. The molecule has 0 radical (unpaired) electrons. The van der Waals surface area contributed by atoms with Crippen molar-refractivity contribution in [2.75, 3.05) is 30.8 Å². The molecule has 0 atom stereocenters. The van der Waals surface area contributed by atoms with Crippen LogP contribution in [0.4, 0.5) is 11.6 Å². The predicted octanol–water partition coefficient (Wildman–Crippen LogP) is 4.20. The molecule has 7 heteroatoms. The molecule has 0 bridgehead atoms. The van der Waals surface area contributed by atoms with E-state index in [1.807, 2.05) is 6.07 Å². The second-order valence-electron chi connectivity index (χ2n) is 8.27. The first-order valence-corrected chi connectivity index (χ1v) is 11.0. The molecule has 0 spiro atoms. The summed E-state index contributed by atoms with van der Waals surface area (Å²) in [6, 6.07) is 6.42. The van der Waals surface area contributed by atoms with Crippen molar-refractivity contribution in [2.24, 2.45) is 11.7 Å². The van der Waals surface area contributed by atoms with Gasteiger partial charge in [-0.05, 0) is 68.1 Å². The highest BCUT2D eigenvalue weighted by Crippen LogP contribution is 2.39. The number of aromatic nitrogens is 2. The van der Waals surface area contributed by atoms with Crippen LogP contribution in [0.25, 0.3) is 11.3 Å². The maximum absolute atomic E-state index is 6.50. The molecule has 1 aliphatic carbocycles. The maximum Gasteiger partial charge on any atom is 0.126 e. The number of ether oxygens (including phenoxy) is 1. The van der Waals surface area contributed by atoms with E-state index in [4.69, 9.17) is 32.8 Å². The molecule has 0 aromatic carbocycles. The summed E-state index contributed by atoms with van der Waals surface area (Å²) in [4.78, 5) is 9.09. The molecule has 2 aromatic rings. The van der Waals surface area contributed by atoms with Gasteiger partial charge in [0, 0.05) is 37.6 Å². The summed E-state index contributed by atoms with van der Waals surface area (Å²) in [5, 5.41) is 4.09. The quantitative estimate of drug-likeness (QED) is 0.676. The number of nitrogens with zero attached hydrogens (tertiary/aromatic N) is 2. The van der Waals surface area contributed by atoms with Gasteiger partial charge in [-0.1, -0.05) is 17.7 Å². The lowest BCUT2D eigenvalue weighted by atomic mass is 9.80. The lowest BCUT2D eigenvalue weighted by Crippen LogP contribution is -2.26. The number of hydrogen-bond donors (Lipinski definition) is 3. The van der Waals surface area contributed by atoms with E-state index in [1.54, 1.807) is 6.20 Å². The maximum atomic E-state index is 6.50. The highest BCUT2D eigenvalue weighted by atomic mass is 35.5. The molecule has 1 aliphatic heterocycles. The van der Waals surface area contributed by atoms with Crippen LogP contribution in [0.3, 0.4) is 0 Å². The number of nitrogens with one attached hydrogen (secondary N) is 1. The Morgan fingerprint density at radius 3 is 2.62 bits per heavy atom. The molecular weight excluding hydrogens is 386 g/mol. The zero-order valence-corrected chi connectivity index (χ0v) is 17.5. The fourth-order valence-electron chi connectivity index (χ4n) is 4.38. The minimum absolute atomic E-state index is 0.309. The molecule has 2 aromatic heterocycles. The van der Waals surface area contributed by atoms with E-state index in [0.717, 1.165) is 75.4 Å². The summed E-state index contributed by atoms with van der Waals surface area (Å²) in [5.74, 6) is 2.37. The van der Waals surface area contributed by atoms with Crippen LogP contribution in [0.1, 0.15) is 50.0 Å². The summed E-state index contributed by atoms with van der Waals surface area (Å²) in [6.45, 7) is 2.60. The van der Waals surface area contributed by atoms with E-state index in [0.29, 0.717) is 28.7 Å². The van der Waals surface area contributed by atoms with Gasteiger partial charge >= 0.3 is 0 Å². The van der Waals surface area contributed by atoms with Crippen molar-refractivity contribution < 1.29 is 4.74 Å². The van der Waals surface area contributed by atoms with E-state index in [-0.39, 0.29) is 0 Å². The number of rotatable bonds is 5. The average Bonchev–Trinajstić information content (AvgIpc) is 2.75. The van der Waals surface area contributed by atoms with E-state index < -0.39 is 0 Å². The number of pyridine rings is 2.